The summed E-state index contributed by atoms with van der Waals surface area (Å²) in [4.78, 5) is 2.38. The zero-order chi connectivity index (χ0) is 9.97. The van der Waals surface area contributed by atoms with Gasteiger partial charge in [0.2, 0.25) is 0 Å². The van der Waals surface area contributed by atoms with E-state index in [1.54, 1.807) is 6.26 Å². The SMILES string of the molecule is Cc1c(N)coc1CN1CCNCC1. The molecule has 1 aliphatic heterocycles. The van der Waals surface area contributed by atoms with Gasteiger partial charge in [0, 0.05) is 31.7 Å². The molecule has 0 amide bonds. The molecule has 0 aliphatic carbocycles. The van der Waals surface area contributed by atoms with Crippen molar-refractivity contribution < 1.29 is 4.42 Å². The van der Waals surface area contributed by atoms with Crippen molar-refractivity contribution in [2.75, 3.05) is 31.9 Å². The standard InChI is InChI=1S/C10H17N3O/c1-8-9(11)7-14-10(8)6-13-4-2-12-3-5-13/h7,12H,2-6,11H2,1H3. The van der Waals surface area contributed by atoms with Gasteiger partial charge in [0.25, 0.3) is 0 Å². The van der Waals surface area contributed by atoms with Crippen molar-refractivity contribution in [2.45, 2.75) is 13.5 Å². The Balaban J connectivity index is 1.99. The minimum absolute atomic E-state index is 0.759. The van der Waals surface area contributed by atoms with Crippen LogP contribution in [-0.2, 0) is 6.54 Å². The lowest BCUT2D eigenvalue weighted by molar-refractivity contribution is 0.215. The third-order valence-electron chi connectivity index (χ3n) is 2.76. The van der Waals surface area contributed by atoms with Crippen LogP contribution in [0.1, 0.15) is 11.3 Å². The average Bonchev–Trinajstić information content (AvgIpc) is 2.52. The predicted molar refractivity (Wildman–Crippen MR) is 56.0 cm³/mol. The first-order valence-corrected chi connectivity index (χ1v) is 5.03. The van der Waals surface area contributed by atoms with E-state index in [9.17, 15) is 0 Å². The summed E-state index contributed by atoms with van der Waals surface area (Å²) in [6.45, 7) is 7.19. The minimum atomic E-state index is 0.759. The maximum Gasteiger partial charge on any atom is 0.122 e. The number of nitrogens with two attached hydrogens (primary N) is 1. The second-order valence-corrected chi connectivity index (χ2v) is 3.77. The number of nitrogens with zero attached hydrogens (tertiary/aromatic N) is 1. The Morgan fingerprint density at radius 1 is 1.50 bits per heavy atom. The Bertz CT molecular complexity index is 302. The molecule has 0 aromatic carbocycles. The lowest BCUT2D eigenvalue weighted by Crippen LogP contribution is -2.42. The fraction of sp³-hybridized carbons (Fsp3) is 0.600. The van der Waals surface area contributed by atoms with Crippen molar-refractivity contribution >= 4 is 5.69 Å². The Morgan fingerprint density at radius 3 is 2.79 bits per heavy atom. The molecule has 14 heavy (non-hydrogen) atoms. The summed E-state index contributed by atoms with van der Waals surface area (Å²) in [5, 5.41) is 3.32. The molecule has 0 atom stereocenters. The summed E-state index contributed by atoms with van der Waals surface area (Å²) in [6.07, 6.45) is 1.63. The third kappa shape index (κ3) is 1.91. The molecular formula is C10H17N3O. The summed E-state index contributed by atoms with van der Waals surface area (Å²) in [5.41, 5.74) is 7.57. The molecule has 0 radical (unpaired) electrons. The van der Waals surface area contributed by atoms with Crippen LogP contribution in [0.5, 0.6) is 0 Å². The van der Waals surface area contributed by atoms with Crippen molar-refractivity contribution in [1.29, 1.82) is 0 Å². The third-order valence-corrected chi connectivity index (χ3v) is 2.76. The van der Waals surface area contributed by atoms with E-state index in [2.05, 4.69) is 10.2 Å². The van der Waals surface area contributed by atoms with Crippen LogP contribution in [0.4, 0.5) is 5.69 Å². The van der Waals surface area contributed by atoms with E-state index in [1.165, 1.54) is 0 Å². The van der Waals surface area contributed by atoms with Gasteiger partial charge in [-0.1, -0.05) is 0 Å². The highest BCUT2D eigenvalue weighted by atomic mass is 16.3. The number of hydrogen-bond acceptors (Lipinski definition) is 4. The van der Waals surface area contributed by atoms with Crippen LogP contribution >= 0.6 is 0 Å². The molecule has 1 fully saturated rings. The van der Waals surface area contributed by atoms with Crippen molar-refractivity contribution in [3.63, 3.8) is 0 Å². The van der Waals surface area contributed by atoms with E-state index in [1.807, 2.05) is 6.92 Å². The number of furan rings is 1. The zero-order valence-electron chi connectivity index (χ0n) is 8.55. The first-order chi connectivity index (χ1) is 6.77. The lowest BCUT2D eigenvalue weighted by atomic mass is 10.2. The molecule has 78 valence electrons. The van der Waals surface area contributed by atoms with Crippen molar-refractivity contribution in [3.8, 4) is 0 Å². The maximum absolute atomic E-state index is 5.72. The smallest absolute Gasteiger partial charge is 0.122 e. The first kappa shape index (κ1) is 9.55. The van der Waals surface area contributed by atoms with Crippen molar-refractivity contribution in [1.82, 2.24) is 10.2 Å². The zero-order valence-corrected chi connectivity index (χ0v) is 8.55. The number of piperazine rings is 1. The first-order valence-electron chi connectivity index (χ1n) is 5.03. The van der Waals surface area contributed by atoms with E-state index < -0.39 is 0 Å². The van der Waals surface area contributed by atoms with Crippen LogP contribution in [0, 0.1) is 6.92 Å². The Labute approximate surface area is 84.1 Å². The van der Waals surface area contributed by atoms with Gasteiger partial charge < -0.3 is 15.5 Å². The van der Waals surface area contributed by atoms with Gasteiger partial charge >= 0.3 is 0 Å². The molecule has 2 heterocycles. The number of hydrogen-bond donors (Lipinski definition) is 2. The van der Waals surface area contributed by atoms with Crippen molar-refractivity contribution in [3.05, 3.63) is 17.6 Å². The Morgan fingerprint density at radius 2 is 2.21 bits per heavy atom. The molecule has 3 N–H and O–H groups in total. The Hall–Kier alpha value is -1.00. The van der Waals surface area contributed by atoms with Gasteiger partial charge in [-0.15, -0.1) is 0 Å². The van der Waals surface area contributed by atoms with E-state index in [0.717, 1.165) is 49.7 Å². The predicted octanol–water partition coefficient (Wildman–Crippen LogP) is 0.575. The largest absolute Gasteiger partial charge is 0.465 e. The van der Waals surface area contributed by atoms with Gasteiger partial charge in [0.15, 0.2) is 0 Å². The van der Waals surface area contributed by atoms with Gasteiger partial charge in [-0.05, 0) is 6.92 Å². The van der Waals surface area contributed by atoms with Crippen LogP contribution < -0.4 is 11.1 Å². The molecule has 1 aromatic rings. The van der Waals surface area contributed by atoms with Crippen LogP contribution in [0.15, 0.2) is 10.7 Å². The molecule has 0 saturated carbocycles. The van der Waals surface area contributed by atoms with E-state index in [-0.39, 0.29) is 0 Å². The fourth-order valence-corrected chi connectivity index (χ4v) is 1.70. The molecule has 0 bridgehead atoms. The van der Waals surface area contributed by atoms with Crippen LogP contribution in [-0.4, -0.2) is 31.1 Å². The van der Waals surface area contributed by atoms with Gasteiger partial charge in [-0.2, -0.15) is 0 Å². The van der Waals surface area contributed by atoms with Crippen LogP contribution in [0.3, 0.4) is 0 Å². The Kier molecular flexibility index (Phi) is 2.74. The monoisotopic (exact) mass is 195 g/mol. The molecule has 2 rings (SSSR count). The molecule has 0 unspecified atom stereocenters. The van der Waals surface area contributed by atoms with E-state index in [4.69, 9.17) is 10.2 Å². The van der Waals surface area contributed by atoms with E-state index >= 15 is 0 Å². The fourth-order valence-electron chi connectivity index (χ4n) is 1.70. The number of nitrogens with one attached hydrogen (secondary N) is 1. The van der Waals surface area contributed by atoms with Gasteiger partial charge in [-0.25, -0.2) is 0 Å². The molecule has 4 heteroatoms. The molecule has 1 aliphatic rings. The summed E-state index contributed by atoms with van der Waals surface area (Å²) < 4.78 is 5.41. The highest BCUT2D eigenvalue weighted by Crippen LogP contribution is 2.19. The summed E-state index contributed by atoms with van der Waals surface area (Å²) >= 11 is 0. The summed E-state index contributed by atoms with van der Waals surface area (Å²) in [7, 11) is 0. The van der Waals surface area contributed by atoms with Crippen LogP contribution in [0.25, 0.3) is 0 Å². The van der Waals surface area contributed by atoms with Crippen LogP contribution in [0.2, 0.25) is 0 Å². The second-order valence-electron chi connectivity index (χ2n) is 3.77. The molecule has 1 aromatic heterocycles. The normalized spacial score (nSPS) is 18.6. The molecular weight excluding hydrogens is 178 g/mol. The molecule has 0 spiro atoms. The highest BCUT2D eigenvalue weighted by Gasteiger charge is 2.14. The summed E-state index contributed by atoms with van der Waals surface area (Å²) in [5.74, 6) is 1.00. The van der Waals surface area contributed by atoms with Gasteiger partial charge in [0.1, 0.15) is 12.0 Å². The average molecular weight is 195 g/mol. The highest BCUT2D eigenvalue weighted by molar-refractivity contribution is 5.45. The van der Waals surface area contributed by atoms with Gasteiger partial charge in [0.05, 0.1) is 12.2 Å². The second kappa shape index (κ2) is 4.02. The van der Waals surface area contributed by atoms with Crippen molar-refractivity contribution in [2.24, 2.45) is 0 Å². The van der Waals surface area contributed by atoms with Gasteiger partial charge in [-0.3, -0.25) is 4.90 Å². The number of anilines is 1. The topological polar surface area (TPSA) is 54.4 Å². The summed E-state index contributed by atoms with van der Waals surface area (Å²) in [6, 6.07) is 0. The van der Waals surface area contributed by atoms with E-state index in [0.29, 0.717) is 0 Å². The lowest BCUT2D eigenvalue weighted by Gasteiger charge is -2.26. The molecule has 4 nitrogen and oxygen atoms in total. The number of rotatable bonds is 2. The number of nitrogen functional groups attached to an aromatic ring is 1. The maximum atomic E-state index is 5.72. The molecule has 1 saturated heterocycles. The minimum Gasteiger partial charge on any atom is -0.465 e. The quantitative estimate of drug-likeness (QED) is 0.724.